The molecule has 3 rings (SSSR count). The molecule has 2 aliphatic rings. The highest BCUT2D eigenvalue weighted by Crippen LogP contribution is 2.42. The molecule has 2 bridgehead atoms. The minimum atomic E-state index is 0.560. The highest BCUT2D eigenvalue weighted by Gasteiger charge is 2.41. The fourth-order valence-corrected chi connectivity index (χ4v) is 4.08. The van der Waals surface area contributed by atoms with E-state index in [1.807, 2.05) is 12.1 Å². The predicted molar refractivity (Wildman–Crippen MR) is 86.8 cm³/mol. The van der Waals surface area contributed by atoms with Crippen molar-refractivity contribution in [3.05, 3.63) is 28.8 Å². The Labute approximate surface area is 131 Å². The van der Waals surface area contributed by atoms with E-state index in [1.165, 1.54) is 32.1 Å². The Kier molecular flexibility index (Phi) is 4.37. The van der Waals surface area contributed by atoms with Crippen molar-refractivity contribution in [1.29, 1.82) is 5.26 Å². The van der Waals surface area contributed by atoms with Crippen LogP contribution in [0.3, 0.4) is 0 Å². The summed E-state index contributed by atoms with van der Waals surface area (Å²) in [7, 11) is 0. The van der Waals surface area contributed by atoms with Crippen LogP contribution in [0.4, 0.5) is 5.69 Å². The second-order valence-corrected chi connectivity index (χ2v) is 6.60. The first-order valence-corrected chi connectivity index (χ1v) is 8.32. The van der Waals surface area contributed by atoms with Crippen molar-refractivity contribution < 1.29 is 0 Å². The van der Waals surface area contributed by atoms with E-state index in [1.54, 1.807) is 6.07 Å². The van der Waals surface area contributed by atoms with E-state index in [2.05, 4.69) is 23.2 Å². The summed E-state index contributed by atoms with van der Waals surface area (Å²) in [6, 6.07) is 9.58. The maximum Gasteiger partial charge on any atom is 0.0992 e. The Bertz CT molecular complexity index is 537. The first kappa shape index (κ1) is 14.7. The number of fused-ring (bicyclic) bond motifs is 2. The Morgan fingerprint density at radius 1 is 1.33 bits per heavy atom. The molecule has 4 heteroatoms. The fraction of sp³-hybridized carbons (Fsp3) is 0.588. The number of piperidine rings is 1. The standard InChI is InChI=1S/C17H22ClN3/c1-2-7-20-13-9-14-4-5-15(10-13)21(14)17-8-12(11-19)3-6-16(17)18/h3,6,8,13-15,20H,2,4-5,7,9-10H2,1H3. The fourth-order valence-electron chi connectivity index (χ4n) is 3.87. The average molecular weight is 304 g/mol. The summed E-state index contributed by atoms with van der Waals surface area (Å²) < 4.78 is 0. The van der Waals surface area contributed by atoms with Crippen LogP contribution in [0.1, 0.15) is 44.6 Å². The highest BCUT2D eigenvalue weighted by molar-refractivity contribution is 6.33. The van der Waals surface area contributed by atoms with Gasteiger partial charge in [0.15, 0.2) is 0 Å². The molecule has 2 unspecified atom stereocenters. The smallest absolute Gasteiger partial charge is 0.0992 e. The molecule has 3 nitrogen and oxygen atoms in total. The lowest BCUT2D eigenvalue weighted by atomic mass is 9.96. The number of benzene rings is 1. The van der Waals surface area contributed by atoms with Gasteiger partial charge in [0.2, 0.25) is 0 Å². The molecule has 0 amide bonds. The van der Waals surface area contributed by atoms with Gasteiger partial charge in [0.25, 0.3) is 0 Å². The monoisotopic (exact) mass is 303 g/mol. The van der Waals surface area contributed by atoms with E-state index in [9.17, 15) is 0 Å². The Morgan fingerprint density at radius 3 is 2.67 bits per heavy atom. The van der Waals surface area contributed by atoms with Crippen molar-refractivity contribution in [3.8, 4) is 6.07 Å². The highest BCUT2D eigenvalue weighted by atomic mass is 35.5. The van der Waals surface area contributed by atoms with Gasteiger partial charge in [-0.2, -0.15) is 5.26 Å². The lowest BCUT2D eigenvalue weighted by Gasteiger charge is -2.41. The molecule has 2 heterocycles. The minimum absolute atomic E-state index is 0.560. The maximum atomic E-state index is 9.12. The number of hydrogen-bond acceptors (Lipinski definition) is 3. The van der Waals surface area contributed by atoms with E-state index in [0.717, 1.165) is 17.3 Å². The van der Waals surface area contributed by atoms with Crippen molar-refractivity contribution >= 4 is 17.3 Å². The number of anilines is 1. The molecule has 2 saturated heterocycles. The van der Waals surface area contributed by atoms with Gasteiger partial charge in [0, 0.05) is 18.1 Å². The van der Waals surface area contributed by atoms with Crippen LogP contribution in [0.2, 0.25) is 5.02 Å². The zero-order valence-corrected chi connectivity index (χ0v) is 13.2. The zero-order chi connectivity index (χ0) is 14.8. The Hall–Kier alpha value is -1.24. The van der Waals surface area contributed by atoms with Crippen LogP contribution in [0.15, 0.2) is 18.2 Å². The summed E-state index contributed by atoms with van der Waals surface area (Å²) in [5.41, 5.74) is 1.75. The Balaban J connectivity index is 1.81. The molecule has 0 saturated carbocycles. The molecule has 112 valence electrons. The van der Waals surface area contributed by atoms with E-state index in [0.29, 0.717) is 23.7 Å². The van der Waals surface area contributed by atoms with Crippen molar-refractivity contribution in [2.75, 3.05) is 11.4 Å². The summed E-state index contributed by atoms with van der Waals surface area (Å²) in [5.74, 6) is 0. The lowest BCUT2D eigenvalue weighted by Crippen LogP contribution is -2.49. The topological polar surface area (TPSA) is 39.1 Å². The average Bonchev–Trinajstić information content (AvgIpc) is 2.76. The number of rotatable bonds is 4. The van der Waals surface area contributed by atoms with Gasteiger partial charge in [0.1, 0.15) is 0 Å². The summed E-state index contributed by atoms with van der Waals surface area (Å²) >= 11 is 6.40. The summed E-state index contributed by atoms with van der Waals surface area (Å²) in [6.07, 6.45) is 6.03. The molecule has 2 atom stereocenters. The van der Waals surface area contributed by atoms with E-state index >= 15 is 0 Å². The van der Waals surface area contributed by atoms with Gasteiger partial charge in [-0.3, -0.25) is 0 Å². The first-order chi connectivity index (χ1) is 10.2. The summed E-state index contributed by atoms with van der Waals surface area (Å²) in [5, 5.41) is 13.6. The van der Waals surface area contributed by atoms with Crippen LogP contribution in [-0.4, -0.2) is 24.7 Å². The SMILES string of the molecule is CCCNC1CC2CCC(C1)N2c1cc(C#N)ccc1Cl. The molecule has 0 radical (unpaired) electrons. The van der Waals surface area contributed by atoms with E-state index in [-0.39, 0.29) is 0 Å². The van der Waals surface area contributed by atoms with Crippen molar-refractivity contribution in [3.63, 3.8) is 0 Å². The normalized spacial score (nSPS) is 27.7. The third kappa shape index (κ3) is 2.88. The van der Waals surface area contributed by atoms with Gasteiger partial charge in [-0.15, -0.1) is 0 Å². The number of nitrogens with one attached hydrogen (secondary N) is 1. The predicted octanol–water partition coefficient (Wildman–Crippen LogP) is 3.71. The molecule has 0 aliphatic carbocycles. The molecular weight excluding hydrogens is 282 g/mol. The molecular formula is C17H22ClN3. The molecule has 0 aromatic heterocycles. The van der Waals surface area contributed by atoms with Crippen molar-refractivity contribution in [2.45, 2.75) is 57.2 Å². The van der Waals surface area contributed by atoms with Crippen LogP contribution in [0.5, 0.6) is 0 Å². The molecule has 1 aromatic carbocycles. The summed E-state index contributed by atoms with van der Waals surface area (Å²) in [6.45, 7) is 3.32. The third-order valence-corrected chi connectivity index (χ3v) is 5.09. The minimum Gasteiger partial charge on any atom is -0.364 e. The van der Waals surface area contributed by atoms with E-state index < -0.39 is 0 Å². The Morgan fingerprint density at radius 2 is 2.05 bits per heavy atom. The first-order valence-electron chi connectivity index (χ1n) is 7.94. The molecule has 21 heavy (non-hydrogen) atoms. The van der Waals surface area contributed by atoms with Crippen LogP contribution in [-0.2, 0) is 0 Å². The number of halogens is 1. The van der Waals surface area contributed by atoms with Crippen LogP contribution in [0.25, 0.3) is 0 Å². The molecule has 1 N–H and O–H groups in total. The molecule has 2 fully saturated rings. The van der Waals surface area contributed by atoms with Gasteiger partial charge >= 0.3 is 0 Å². The summed E-state index contributed by atoms with van der Waals surface area (Å²) in [4.78, 5) is 2.48. The molecule has 1 aromatic rings. The van der Waals surface area contributed by atoms with Crippen LogP contribution >= 0.6 is 11.6 Å². The van der Waals surface area contributed by atoms with Gasteiger partial charge < -0.3 is 10.2 Å². The number of nitriles is 1. The second kappa shape index (κ2) is 6.25. The quantitative estimate of drug-likeness (QED) is 0.921. The van der Waals surface area contributed by atoms with Crippen molar-refractivity contribution in [1.82, 2.24) is 5.32 Å². The van der Waals surface area contributed by atoms with Gasteiger partial charge in [-0.05, 0) is 56.8 Å². The van der Waals surface area contributed by atoms with Crippen LogP contribution in [0, 0.1) is 11.3 Å². The largest absolute Gasteiger partial charge is 0.364 e. The molecule has 2 aliphatic heterocycles. The van der Waals surface area contributed by atoms with Crippen LogP contribution < -0.4 is 10.2 Å². The second-order valence-electron chi connectivity index (χ2n) is 6.19. The van der Waals surface area contributed by atoms with E-state index in [4.69, 9.17) is 16.9 Å². The lowest BCUT2D eigenvalue weighted by molar-refractivity contribution is 0.357. The van der Waals surface area contributed by atoms with Gasteiger partial charge in [-0.1, -0.05) is 18.5 Å². The van der Waals surface area contributed by atoms with Crippen molar-refractivity contribution in [2.24, 2.45) is 0 Å². The third-order valence-electron chi connectivity index (χ3n) is 4.77. The number of hydrogen-bond donors (Lipinski definition) is 1. The zero-order valence-electron chi connectivity index (χ0n) is 12.5. The van der Waals surface area contributed by atoms with Gasteiger partial charge in [0.05, 0.1) is 22.3 Å². The number of nitrogens with zero attached hydrogens (tertiary/aromatic N) is 2. The van der Waals surface area contributed by atoms with Gasteiger partial charge in [-0.25, -0.2) is 0 Å². The molecule has 0 spiro atoms. The maximum absolute atomic E-state index is 9.12.